The first kappa shape index (κ1) is 25.4. The number of para-hydroxylation sites is 1. The van der Waals surface area contributed by atoms with Gasteiger partial charge >= 0.3 is 0 Å². The number of hydrogen-bond acceptors (Lipinski definition) is 6. The zero-order valence-electron chi connectivity index (χ0n) is 20.0. The highest BCUT2D eigenvalue weighted by atomic mass is 32.2. The Hall–Kier alpha value is -3.28. The van der Waals surface area contributed by atoms with Crippen molar-refractivity contribution in [2.45, 2.75) is 31.2 Å². The van der Waals surface area contributed by atoms with E-state index in [4.69, 9.17) is 4.98 Å². The summed E-state index contributed by atoms with van der Waals surface area (Å²) in [5.41, 5.74) is 2.69. The lowest BCUT2D eigenvalue weighted by molar-refractivity contribution is -0.123. The van der Waals surface area contributed by atoms with Crippen LogP contribution in [0.2, 0.25) is 0 Å². The monoisotopic (exact) mass is 542 g/mol. The van der Waals surface area contributed by atoms with E-state index < -0.39 is 32.5 Å². The summed E-state index contributed by atoms with van der Waals surface area (Å²) in [4.78, 5) is 23.6. The van der Waals surface area contributed by atoms with Crippen LogP contribution in [-0.4, -0.2) is 41.7 Å². The maximum absolute atomic E-state index is 14.2. The highest BCUT2D eigenvalue weighted by Crippen LogP contribution is 2.34. The molecule has 0 bridgehead atoms. The summed E-state index contributed by atoms with van der Waals surface area (Å²) >= 11 is 1.43. The van der Waals surface area contributed by atoms with Crippen molar-refractivity contribution in [3.05, 3.63) is 83.7 Å². The number of halogens is 2. The minimum absolute atomic E-state index is 0.0222. The molecule has 0 atom stereocenters. The Bertz CT molecular complexity index is 1550. The van der Waals surface area contributed by atoms with E-state index in [1.165, 1.54) is 11.3 Å². The predicted molar refractivity (Wildman–Crippen MR) is 138 cm³/mol. The molecule has 192 valence electrons. The van der Waals surface area contributed by atoms with E-state index >= 15 is 0 Å². The van der Waals surface area contributed by atoms with E-state index in [1.807, 2.05) is 31.2 Å². The van der Waals surface area contributed by atoms with E-state index in [0.717, 1.165) is 37.8 Å². The summed E-state index contributed by atoms with van der Waals surface area (Å²) < 4.78 is 55.9. The van der Waals surface area contributed by atoms with Crippen molar-refractivity contribution < 1.29 is 22.0 Å². The van der Waals surface area contributed by atoms with Gasteiger partial charge in [-0.3, -0.25) is 14.7 Å². The Kier molecular flexibility index (Phi) is 7.02. The third kappa shape index (κ3) is 5.11. The Labute approximate surface area is 217 Å². The second-order valence-corrected chi connectivity index (χ2v) is 11.9. The van der Waals surface area contributed by atoms with Crippen molar-refractivity contribution in [3.8, 4) is 0 Å². The largest absolute Gasteiger partial charge is 0.283 e. The van der Waals surface area contributed by atoms with E-state index in [0.29, 0.717) is 11.2 Å². The number of aryl methyl sites for hydroxylation is 1. The van der Waals surface area contributed by atoms with Gasteiger partial charge in [0.05, 0.1) is 16.8 Å². The quantitative estimate of drug-likeness (QED) is 0.346. The number of fused-ring (bicyclic) bond motifs is 1. The van der Waals surface area contributed by atoms with Crippen LogP contribution in [0.25, 0.3) is 10.2 Å². The van der Waals surface area contributed by atoms with Crippen LogP contribution in [0.4, 0.5) is 13.9 Å². The number of pyridine rings is 1. The molecule has 3 heterocycles. The van der Waals surface area contributed by atoms with Gasteiger partial charge in [0.2, 0.25) is 15.9 Å². The van der Waals surface area contributed by atoms with E-state index in [-0.39, 0.29) is 38.4 Å². The molecule has 0 saturated carbocycles. The molecule has 4 aromatic rings. The van der Waals surface area contributed by atoms with Crippen LogP contribution in [0.3, 0.4) is 0 Å². The number of nitrogens with zero attached hydrogens (tertiary/aromatic N) is 4. The van der Waals surface area contributed by atoms with Gasteiger partial charge in [-0.05, 0) is 61.2 Å². The Morgan fingerprint density at radius 3 is 2.62 bits per heavy atom. The van der Waals surface area contributed by atoms with Gasteiger partial charge in [0.25, 0.3) is 0 Å². The first-order valence-electron chi connectivity index (χ1n) is 11.8. The molecule has 0 spiro atoms. The van der Waals surface area contributed by atoms with Gasteiger partial charge in [-0.25, -0.2) is 22.2 Å². The normalized spacial score (nSPS) is 15.2. The van der Waals surface area contributed by atoms with Gasteiger partial charge in [0.15, 0.2) is 5.13 Å². The average molecular weight is 543 g/mol. The minimum Gasteiger partial charge on any atom is -0.283 e. The van der Waals surface area contributed by atoms with Crippen molar-refractivity contribution in [1.29, 1.82) is 0 Å². The first-order chi connectivity index (χ1) is 17.7. The zero-order chi connectivity index (χ0) is 26.2. The molecule has 1 saturated heterocycles. The molecule has 0 radical (unpaired) electrons. The van der Waals surface area contributed by atoms with Gasteiger partial charge in [-0.1, -0.05) is 29.5 Å². The van der Waals surface area contributed by atoms with Crippen molar-refractivity contribution in [3.63, 3.8) is 0 Å². The zero-order valence-corrected chi connectivity index (χ0v) is 21.6. The molecule has 0 N–H and O–H groups in total. The number of anilines is 1. The number of amides is 1. The number of benzene rings is 2. The molecule has 2 aromatic carbocycles. The fourth-order valence-corrected chi connectivity index (χ4v) is 7.08. The number of aromatic nitrogens is 2. The lowest BCUT2D eigenvalue weighted by Crippen LogP contribution is -2.44. The smallest absolute Gasteiger partial charge is 0.246 e. The number of hydrogen-bond donors (Lipinski definition) is 0. The summed E-state index contributed by atoms with van der Waals surface area (Å²) in [6.07, 6.45) is 3.86. The number of piperidine rings is 1. The number of rotatable bonds is 6. The Balaban J connectivity index is 1.38. The molecule has 1 aliphatic heterocycles. The molecule has 1 aliphatic rings. The number of thiazole rings is 1. The van der Waals surface area contributed by atoms with Crippen LogP contribution in [0, 0.1) is 24.5 Å². The first-order valence-corrected chi connectivity index (χ1v) is 14.0. The van der Waals surface area contributed by atoms with Crippen LogP contribution in [0.1, 0.15) is 24.0 Å². The standard InChI is InChI=1S/C26H24F2N4O3S2/c1-17-4-2-6-22-24(17)30-26(36-22)32(16-18-5-3-11-29-15-18)25(33)19-9-12-31(13-10-19)37(34,35)23-14-20(27)7-8-21(23)28/h2-8,11,14-15,19H,9-10,12-13,16H2,1H3. The summed E-state index contributed by atoms with van der Waals surface area (Å²) in [5.74, 6) is -2.45. The topological polar surface area (TPSA) is 83.5 Å². The third-order valence-electron chi connectivity index (χ3n) is 6.48. The molecule has 7 nitrogen and oxygen atoms in total. The van der Waals surface area contributed by atoms with Crippen molar-refractivity contribution in [2.75, 3.05) is 18.0 Å². The van der Waals surface area contributed by atoms with Crippen LogP contribution in [0.5, 0.6) is 0 Å². The Morgan fingerprint density at radius 2 is 1.92 bits per heavy atom. The number of carbonyl (C=O) groups excluding carboxylic acids is 1. The Morgan fingerprint density at radius 1 is 1.14 bits per heavy atom. The fourth-order valence-electron chi connectivity index (χ4n) is 4.48. The van der Waals surface area contributed by atoms with Gasteiger partial charge < -0.3 is 0 Å². The van der Waals surface area contributed by atoms with Gasteiger partial charge in [-0.2, -0.15) is 4.31 Å². The molecule has 5 rings (SSSR count). The molecular weight excluding hydrogens is 518 g/mol. The fraction of sp³-hybridized carbons (Fsp3) is 0.269. The minimum atomic E-state index is -4.23. The summed E-state index contributed by atoms with van der Waals surface area (Å²) in [7, 11) is -4.23. The van der Waals surface area contributed by atoms with E-state index in [1.54, 1.807) is 23.4 Å². The predicted octanol–water partition coefficient (Wildman–Crippen LogP) is 4.91. The molecular formula is C26H24F2N4O3S2. The second kappa shape index (κ2) is 10.2. The summed E-state index contributed by atoms with van der Waals surface area (Å²) in [6, 6.07) is 11.9. The van der Waals surface area contributed by atoms with E-state index in [9.17, 15) is 22.0 Å². The third-order valence-corrected chi connectivity index (χ3v) is 9.44. The van der Waals surface area contributed by atoms with Crippen molar-refractivity contribution in [2.24, 2.45) is 5.92 Å². The number of carbonyl (C=O) groups is 1. The van der Waals surface area contributed by atoms with Crippen molar-refractivity contribution in [1.82, 2.24) is 14.3 Å². The van der Waals surface area contributed by atoms with Gasteiger partial charge in [0.1, 0.15) is 16.5 Å². The summed E-state index contributed by atoms with van der Waals surface area (Å²) in [5, 5.41) is 0.565. The van der Waals surface area contributed by atoms with Crippen molar-refractivity contribution >= 4 is 42.6 Å². The molecule has 11 heteroatoms. The lowest BCUT2D eigenvalue weighted by Gasteiger charge is -2.33. The maximum atomic E-state index is 14.2. The van der Waals surface area contributed by atoms with Crippen LogP contribution < -0.4 is 4.90 Å². The van der Waals surface area contributed by atoms with Gasteiger partial charge in [0, 0.05) is 31.4 Å². The van der Waals surface area contributed by atoms with E-state index in [2.05, 4.69) is 4.98 Å². The number of sulfonamides is 1. The highest BCUT2D eigenvalue weighted by molar-refractivity contribution is 7.89. The second-order valence-electron chi connectivity index (χ2n) is 8.96. The molecule has 1 amide bonds. The van der Waals surface area contributed by atoms with Gasteiger partial charge in [-0.15, -0.1) is 0 Å². The molecule has 0 aliphatic carbocycles. The average Bonchev–Trinajstić information content (AvgIpc) is 3.34. The maximum Gasteiger partial charge on any atom is 0.246 e. The SMILES string of the molecule is Cc1cccc2sc(N(Cc3cccnc3)C(=O)C3CCN(S(=O)(=O)c4cc(F)ccc4F)CC3)nc12. The molecule has 0 unspecified atom stereocenters. The van der Waals surface area contributed by atoms with Crippen LogP contribution >= 0.6 is 11.3 Å². The highest BCUT2D eigenvalue weighted by Gasteiger charge is 2.36. The molecule has 37 heavy (non-hydrogen) atoms. The summed E-state index contributed by atoms with van der Waals surface area (Å²) in [6.45, 7) is 2.29. The van der Waals surface area contributed by atoms with Crippen LogP contribution in [-0.2, 0) is 21.4 Å². The molecule has 1 fully saturated rings. The lowest BCUT2D eigenvalue weighted by atomic mass is 9.96. The molecule has 2 aromatic heterocycles. The van der Waals surface area contributed by atoms with Crippen LogP contribution in [0.15, 0.2) is 65.8 Å².